The molecule has 1 saturated carbocycles. The van der Waals surface area contributed by atoms with Crippen LogP contribution < -0.4 is 25.2 Å². The fraction of sp³-hybridized carbons (Fsp3) is 0.500. The quantitative estimate of drug-likeness (QED) is 0.310. The second-order valence-electron chi connectivity index (χ2n) is 10.8. The van der Waals surface area contributed by atoms with E-state index in [1.807, 2.05) is 30.3 Å². The number of amides is 2. The third kappa shape index (κ3) is 4.99. The molecule has 4 aliphatic rings. The summed E-state index contributed by atoms with van der Waals surface area (Å²) >= 11 is 1.46. The molecule has 37 heavy (non-hydrogen) atoms. The average molecular weight is 522 g/mol. The Hall–Kier alpha value is -2.91. The van der Waals surface area contributed by atoms with Gasteiger partial charge in [-0.1, -0.05) is 11.9 Å². The highest BCUT2D eigenvalue weighted by molar-refractivity contribution is 8.00. The molecule has 3 heterocycles. The van der Waals surface area contributed by atoms with Crippen molar-refractivity contribution < 1.29 is 14.7 Å². The summed E-state index contributed by atoms with van der Waals surface area (Å²) in [6.07, 6.45) is 8.02. The molecule has 0 bridgehead atoms. The zero-order chi connectivity index (χ0) is 25.4. The lowest BCUT2D eigenvalue weighted by Crippen LogP contribution is -2.50. The lowest BCUT2D eigenvalue weighted by Gasteiger charge is -2.41. The van der Waals surface area contributed by atoms with Crippen LogP contribution in [-0.2, 0) is 4.79 Å². The first-order valence-electron chi connectivity index (χ1n) is 13.5. The molecule has 0 radical (unpaired) electrons. The molecule has 0 aromatic heterocycles. The fourth-order valence-corrected chi connectivity index (χ4v) is 6.47. The van der Waals surface area contributed by atoms with Crippen molar-refractivity contribution in [1.29, 1.82) is 0 Å². The van der Waals surface area contributed by atoms with Gasteiger partial charge < -0.3 is 30.3 Å². The number of nitrogens with zero attached hydrogens (tertiary/aromatic N) is 2. The van der Waals surface area contributed by atoms with E-state index in [0.717, 1.165) is 67.3 Å². The van der Waals surface area contributed by atoms with Gasteiger partial charge in [-0.15, -0.1) is 0 Å². The molecule has 1 aliphatic carbocycles. The minimum Gasteiger partial charge on any atom is -0.395 e. The summed E-state index contributed by atoms with van der Waals surface area (Å²) in [7, 11) is 0. The summed E-state index contributed by atoms with van der Waals surface area (Å²) < 4.78 is 3.29. The van der Waals surface area contributed by atoms with Crippen LogP contribution in [0.4, 0.5) is 28.4 Å². The topological polar surface area (TPSA) is 96.9 Å². The number of nitrogens with one attached hydrogen (secondary N) is 3. The van der Waals surface area contributed by atoms with Crippen LogP contribution in [0.5, 0.6) is 0 Å². The number of carbonyl (C=O) groups is 2. The minimum atomic E-state index is -0.133. The number of benzene rings is 2. The first kappa shape index (κ1) is 24.4. The standard InChI is InChI=1S/C28H35N5O3S/c34-15-16-37-31-20-4-6-21(24(18-20)32-13-10-28(8-9-28)11-14-32)26(35)29-19-5-7-22-25(17-19)33-12-2-1-3-23(33)27(36)30-22/h4-7,17-18,23,31,34H,1-3,8-16H2,(H,29,35)(H,30,36). The Morgan fingerprint density at radius 1 is 1.03 bits per heavy atom. The fourth-order valence-electron chi connectivity index (χ4n) is 5.99. The number of anilines is 5. The van der Waals surface area contributed by atoms with Gasteiger partial charge in [-0.2, -0.15) is 0 Å². The maximum atomic E-state index is 13.6. The van der Waals surface area contributed by atoms with Crippen molar-refractivity contribution >= 4 is 52.2 Å². The molecule has 6 rings (SSSR count). The monoisotopic (exact) mass is 521 g/mol. The van der Waals surface area contributed by atoms with E-state index in [0.29, 0.717) is 16.7 Å². The number of aliphatic hydroxyl groups excluding tert-OH is 1. The third-order valence-electron chi connectivity index (χ3n) is 8.38. The molecule has 2 aromatic rings. The first-order valence-corrected chi connectivity index (χ1v) is 14.4. The highest BCUT2D eigenvalue weighted by atomic mass is 32.2. The Balaban J connectivity index is 1.24. The van der Waals surface area contributed by atoms with Crippen molar-refractivity contribution in [2.24, 2.45) is 5.41 Å². The summed E-state index contributed by atoms with van der Waals surface area (Å²) in [5, 5.41) is 15.3. The Kier molecular flexibility index (Phi) is 6.67. The Labute approximate surface area is 222 Å². The van der Waals surface area contributed by atoms with E-state index in [4.69, 9.17) is 5.11 Å². The molecule has 2 aromatic carbocycles. The van der Waals surface area contributed by atoms with Gasteiger partial charge >= 0.3 is 0 Å². The van der Waals surface area contributed by atoms with Gasteiger partial charge in [0.05, 0.1) is 29.2 Å². The molecule has 196 valence electrons. The van der Waals surface area contributed by atoms with Crippen molar-refractivity contribution in [2.75, 3.05) is 57.1 Å². The molecule has 8 nitrogen and oxygen atoms in total. The van der Waals surface area contributed by atoms with Gasteiger partial charge in [-0.25, -0.2) is 0 Å². The third-order valence-corrected chi connectivity index (χ3v) is 9.14. The summed E-state index contributed by atoms with van der Waals surface area (Å²) in [6.45, 7) is 2.89. The van der Waals surface area contributed by atoms with Crippen molar-refractivity contribution in [1.82, 2.24) is 0 Å². The maximum absolute atomic E-state index is 13.6. The lowest BCUT2D eigenvalue weighted by molar-refractivity contribution is -0.118. The zero-order valence-electron chi connectivity index (χ0n) is 21.1. The molecule has 4 N–H and O–H groups in total. The number of hydrogen-bond donors (Lipinski definition) is 4. The Morgan fingerprint density at radius 3 is 2.59 bits per heavy atom. The van der Waals surface area contributed by atoms with Gasteiger partial charge in [0.1, 0.15) is 6.04 Å². The Bertz CT molecular complexity index is 1190. The molecule has 3 aliphatic heterocycles. The van der Waals surface area contributed by atoms with E-state index in [1.165, 1.54) is 37.6 Å². The van der Waals surface area contributed by atoms with Crippen molar-refractivity contribution in [3.05, 3.63) is 42.0 Å². The summed E-state index contributed by atoms with van der Waals surface area (Å²) in [4.78, 5) is 30.7. The highest BCUT2D eigenvalue weighted by Gasteiger charge is 2.44. The van der Waals surface area contributed by atoms with Crippen LogP contribution in [0, 0.1) is 5.41 Å². The van der Waals surface area contributed by atoms with E-state index in [2.05, 4.69) is 31.2 Å². The van der Waals surface area contributed by atoms with Crippen LogP contribution in [0.2, 0.25) is 0 Å². The van der Waals surface area contributed by atoms with Crippen LogP contribution >= 0.6 is 11.9 Å². The van der Waals surface area contributed by atoms with Crippen molar-refractivity contribution in [2.45, 2.75) is 51.0 Å². The smallest absolute Gasteiger partial charge is 0.257 e. The molecule has 1 spiro atoms. The predicted octanol–water partition coefficient (Wildman–Crippen LogP) is 4.68. The molecule has 9 heteroatoms. The van der Waals surface area contributed by atoms with Crippen LogP contribution in [0.25, 0.3) is 0 Å². The van der Waals surface area contributed by atoms with Gasteiger partial charge in [0.2, 0.25) is 5.91 Å². The van der Waals surface area contributed by atoms with Crippen LogP contribution in [0.15, 0.2) is 36.4 Å². The first-order chi connectivity index (χ1) is 18.0. The van der Waals surface area contributed by atoms with Gasteiger partial charge in [0, 0.05) is 36.8 Å². The summed E-state index contributed by atoms with van der Waals surface area (Å²) in [5.41, 5.74) is 5.60. The van der Waals surface area contributed by atoms with E-state index in [1.54, 1.807) is 0 Å². The number of piperidine rings is 2. The van der Waals surface area contributed by atoms with Gasteiger partial charge in [-0.05, 0) is 86.8 Å². The van der Waals surface area contributed by atoms with Crippen molar-refractivity contribution in [3.63, 3.8) is 0 Å². The van der Waals surface area contributed by atoms with E-state index in [-0.39, 0.29) is 24.5 Å². The van der Waals surface area contributed by atoms with Gasteiger partial charge in [0.15, 0.2) is 0 Å². The molecule has 2 amide bonds. The van der Waals surface area contributed by atoms with Crippen LogP contribution in [0.1, 0.15) is 55.3 Å². The predicted molar refractivity (Wildman–Crippen MR) is 151 cm³/mol. The largest absolute Gasteiger partial charge is 0.395 e. The minimum absolute atomic E-state index is 0.0639. The normalized spacial score (nSPS) is 21.6. The van der Waals surface area contributed by atoms with Crippen LogP contribution in [0.3, 0.4) is 0 Å². The molecular formula is C28H35N5O3S. The van der Waals surface area contributed by atoms with E-state index >= 15 is 0 Å². The molecule has 1 unspecified atom stereocenters. The van der Waals surface area contributed by atoms with Gasteiger partial charge in [-0.3, -0.25) is 9.59 Å². The van der Waals surface area contributed by atoms with Gasteiger partial charge in [0.25, 0.3) is 5.91 Å². The number of hydrogen-bond acceptors (Lipinski definition) is 7. The zero-order valence-corrected chi connectivity index (χ0v) is 21.9. The SMILES string of the molecule is O=C(Nc1ccc2c(c1)N1CCCCC1C(=O)N2)c1ccc(NSCCO)cc1N1CCC2(CC1)CC2. The lowest BCUT2D eigenvalue weighted by atomic mass is 9.93. The Morgan fingerprint density at radius 2 is 1.81 bits per heavy atom. The summed E-state index contributed by atoms with van der Waals surface area (Å²) in [5.74, 6) is 0.528. The second kappa shape index (κ2) is 10.1. The molecular weight excluding hydrogens is 486 g/mol. The molecule has 2 saturated heterocycles. The number of fused-ring (bicyclic) bond motifs is 3. The van der Waals surface area contributed by atoms with Crippen molar-refractivity contribution in [3.8, 4) is 0 Å². The van der Waals surface area contributed by atoms with Crippen LogP contribution in [-0.4, -0.2) is 55.0 Å². The van der Waals surface area contributed by atoms with E-state index in [9.17, 15) is 9.59 Å². The average Bonchev–Trinajstić information content (AvgIpc) is 3.68. The highest BCUT2D eigenvalue weighted by Crippen LogP contribution is 2.54. The number of rotatable bonds is 7. The number of carbonyl (C=O) groups excluding carboxylic acids is 2. The molecule has 1 atom stereocenters. The van der Waals surface area contributed by atoms with E-state index < -0.39 is 0 Å². The molecule has 3 fully saturated rings. The summed E-state index contributed by atoms with van der Waals surface area (Å²) in [6, 6.07) is 11.5. The second-order valence-corrected chi connectivity index (χ2v) is 11.7. The number of aliphatic hydroxyl groups is 1. The maximum Gasteiger partial charge on any atom is 0.257 e.